The van der Waals surface area contributed by atoms with E-state index in [1.165, 1.54) is 0 Å². The van der Waals surface area contributed by atoms with Gasteiger partial charge in [-0.1, -0.05) is 105 Å². The van der Waals surface area contributed by atoms with Crippen molar-refractivity contribution in [3.05, 3.63) is 108 Å². The highest BCUT2D eigenvalue weighted by Crippen LogP contribution is 2.13. The fourth-order valence-corrected chi connectivity index (χ4v) is 3.99. The van der Waals surface area contributed by atoms with Crippen LogP contribution in [-0.4, -0.2) is 35.8 Å². The molecule has 3 rings (SSSR count). The summed E-state index contributed by atoms with van der Waals surface area (Å²) in [5, 5.41) is 8.02. The van der Waals surface area contributed by atoms with Gasteiger partial charge in [-0.15, -0.1) is 0 Å². The van der Waals surface area contributed by atoms with Gasteiger partial charge in [-0.2, -0.15) is 0 Å². The van der Waals surface area contributed by atoms with Gasteiger partial charge in [0.1, 0.15) is 12.6 Å². The van der Waals surface area contributed by atoms with Crippen LogP contribution in [0.5, 0.6) is 0 Å². The van der Waals surface area contributed by atoms with Gasteiger partial charge in [-0.05, 0) is 29.5 Å². The molecule has 0 aromatic heterocycles. The summed E-state index contributed by atoms with van der Waals surface area (Å²) in [5.74, 6) is -2.51. The second kappa shape index (κ2) is 14.5. The Labute approximate surface area is 229 Å². The number of carbonyl (C=O) groups is 4. The Bertz CT molecular complexity index is 1230. The molecule has 8 nitrogen and oxygen atoms in total. The summed E-state index contributed by atoms with van der Waals surface area (Å²) in [6, 6.07) is 25.1. The molecule has 0 saturated heterocycles. The fourth-order valence-electron chi connectivity index (χ4n) is 3.99. The van der Waals surface area contributed by atoms with Crippen molar-refractivity contribution in [1.82, 2.24) is 16.0 Å². The Kier molecular flexibility index (Phi) is 10.8. The highest BCUT2D eigenvalue weighted by Gasteiger charge is 2.33. The Morgan fingerprint density at radius 3 is 1.79 bits per heavy atom. The SMILES string of the molecule is CC(C)[C@H](NC(=O)[C@H](Cc1ccccc1)NC(=O)OCc1ccccc1)C(=O)C(=O)N[C@@H](C)c1ccccc1. The third-order valence-corrected chi connectivity index (χ3v) is 6.22. The molecule has 0 saturated carbocycles. The number of ketones is 1. The molecule has 0 fully saturated rings. The predicted octanol–water partition coefficient (Wildman–Crippen LogP) is 4.11. The van der Waals surface area contributed by atoms with E-state index in [1.807, 2.05) is 91.0 Å². The molecule has 0 aliphatic heterocycles. The van der Waals surface area contributed by atoms with Gasteiger partial charge in [0.05, 0.1) is 12.1 Å². The van der Waals surface area contributed by atoms with E-state index < -0.39 is 41.8 Å². The van der Waals surface area contributed by atoms with Crippen molar-refractivity contribution in [2.75, 3.05) is 0 Å². The molecule has 0 aliphatic rings. The maximum Gasteiger partial charge on any atom is 0.408 e. The summed E-state index contributed by atoms with van der Waals surface area (Å²) in [6.45, 7) is 5.30. The Morgan fingerprint density at radius 2 is 1.23 bits per heavy atom. The summed E-state index contributed by atoms with van der Waals surface area (Å²) < 4.78 is 5.31. The molecule has 0 radical (unpaired) electrons. The molecule has 8 heteroatoms. The van der Waals surface area contributed by atoms with E-state index >= 15 is 0 Å². The number of amides is 3. The first-order valence-electron chi connectivity index (χ1n) is 13.0. The minimum absolute atomic E-state index is 0.0409. The van der Waals surface area contributed by atoms with Crippen molar-refractivity contribution in [1.29, 1.82) is 0 Å². The lowest BCUT2D eigenvalue weighted by Crippen LogP contribution is -2.56. The molecule has 3 aromatic carbocycles. The number of hydrogen-bond donors (Lipinski definition) is 3. The van der Waals surface area contributed by atoms with Gasteiger partial charge in [0.15, 0.2) is 0 Å². The van der Waals surface area contributed by atoms with Crippen LogP contribution in [-0.2, 0) is 32.1 Å². The number of ether oxygens (including phenoxy) is 1. The zero-order valence-electron chi connectivity index (χ0n) is 22.4. The highest BCUT2D eigenvalue weighted by molar-refractivity contribution is 6.38. The molecule has 0 aliphatic carbocycles. The minimum atomic E-state index is -1.08. The Balaban J connectivity index is 1.69. The molecule has 3 N–H and O–H groups in total. The average Bonchev–Trinajstić information content (AvgIpc) is 2.95. The van der Waals surface area contributed by atoms with Crippen molar-refractivity contribution in [2.45, 2.75) is 51.9 Å². The first kappa shape index (κ1) is 29.1. The maximum atomic E-state index is 13.4. The average molecular weight is 530 g/mol. The number of hydrogen-bond acceptors (Lipinski definition) is 5. The first-order chi connectivity index (χ1) is 18.7. The van der Waals surface area contributed by atoms with Gasteiger partial charge in [-0.3, -0.25) is 14.4 Å². The molecule has 3 atom stereocenters. The standard InChI is InChI=1S/C31H35N3O5/c1-21(2)27(28(35)30(37)32-22(3)25-17-11-6-12-18-25)34-29(36)26(19-23-13-7-4-8-14-23)33-31(38)39-20-24-15-9-5-10-16-24/h4-18,21-22,26-27H,19-20H2,1-3H3,(H,32,37)(H,33,38)(H,34,36)/t22-,26-,27-/m0/s1. The van der Waals surface area contributed by atoms with E-state index in [-0.39, 0.29) is 18.9 Å². The van der Waals surface area contributed by atoms with Crippen LogP contribution in [0.3, 0.4) is 0 Å². The predicted molar refractivity (Wildman–Crippen MR) is 148 cm³/mol. The molecule has 0 spiro atoms. The zero-order chi connectivity index (χ0) is 28.2. The largest absolute Gasteiger partial charge is 0.445 e. The normalized spacial score (nSPS) is 13.0. The van der Waals surface area contributed by atoms with E-state index in [2.05, 4.69) is 16.0 Å². The van der Waals surface area contributed by atoms with Gasteiger partial charge in [0.2, 0.25) is 11.7 Å². The summed E-state index contributed by atoms with van der Waals surface area (Å²) in [5.41, 5.74) is 2.46. The van der Waals surface area contributed by atoms with Gasteiger partial charge < -0.3 is 20.7 Å². The zero-order valence-corrected chi connectivity index (χ0v) is 22.4. The number of nitrogens with one attached hydrogen (secondary N) is 3. The summed E-state index contributed by atoms with van der Waals surface area (Å²) in [6.07, 6.45) is -0.597. The van der Waals surface area contributed by atoms with E-state index in [0.717, 1.165) is 16.7 Å². The summed E-state index contributed by atoms with van der Waals surface area (Å²) in [4.78, 5) is 51.9. The van der Waals surface area contributed by atoms with Crippen molar-refractivity contribution in [2.24, 2.45) is 5.92 Å². The van der Waals surface area contributed by atoms with Crippen LogP contribution in [0.1, 0.15) is 43.5 Å². The molecular weight excluding hydrogens is 494 g/mol. The van der Waals surface area contributed by atoms with Crippen molar-refractivity contribution < 1.29 is 23.9 Å². The first-order valence-corrected chi connectivity index (χ1v) is 13.0. The molecule has 0 bridgehead atoms. The maximum absolute atomic E-state index is 13.4. The molecule has 3 amide bonds. The van der Waals surface area contributed by atoms with E-state index in [9.17, 15) is 19.2 Å². The summed E-state index contributed by atoms with van der Waals surface area (Å²) >= 11 is 0. The number of carbonyl (C=O) groups excluding carboxylic acids is 4. The molecule has 204 valence electrons. The number of Topliss-reactive ketones (excluding diaryl/α,β-unsaturated/α-hetero) is 1. The Hall–Kier alpha value is -4.46. The third-order valence-electron chi connectivity index (χ3n) is 6.22. The fraction of sp³-hybridized carbons (Fsp3) is 0.290. The monoisotopic (exact) mass is 529 g/mol. The van der Waals surface area contributed by atoms with Crippen molar-refractivity contribution >= 4 is 23.7 Å². The second-order valence-electron chi connectivity index (χ2n) is 9.65. The van der Waals surface area contributed by atoms with Gasteiger partial charge in [0.25, 0.3) is 5.91 Å². The molecule has 3 aromatic rings. The van der Waals surface area contributed by atoms with E-state index in [1.54, 1.807) is 20.8 Å². The van der Waals surface area contributed by atoms with Crippen LogP contribution in [0.2, 0.25) is 0 Å². The number of rotatable bonds is 12. The Morgan fingerprint density at radius 1 is 0.692 bits per heavy atom. The van der Waals surface area contributed by atoms with Gasteiger partial charge in [-0.25, -0.2) is 4.79 Å². The molecule has 39 heavy (non-hydrogen) atoms. The quantitative estimate of drug-likeness (QED) is 0.306. The number of benzene rings is 3. The van der Waals surface area contributed by atoms with Crippen molar-refractivity contribution in [3.8, 4) is 0 Å². The van der Waals surface area contributed by atoms with Crippen LogP contribution < -0.4 is 16.0 Å². The van der Waals surface area contributed by atoms with Crippen LogP contribution in [0.15, 0.2) is 91.0 Å². The lowest BCUT2D eigenvalue weighted by Gasteiger charge is -2.25. The van der Waals surface area contributed by atoms with Gasteiger partial charge >= 0.3 is 6.09 Å². The topological polar surface area (TPSA) is 114 Å². The van der Waals surface area contributed by atoms with Crippen LogP contribution in [0.4, 0.5) is 4.79 Å². The summed E-state index contributed by atoms with van der Waals surface area (Å²) in [7, 11) is 0. The van der Waals surface area contributed by atoms with Crippen LogP contribution in [0.25, 0.3) is 0 Å². The minimum Gasteiger partial charge on any atom is -0.445 e. The second-order valence-corrected chi connectivity index (χ2v) is 9.65. The van der Waals surface area contributed by atoms with Crippen LogP contribution >= 0.6 is 0 Å². The highest BCUT2D eigenvalue weighted by atomic mass is 16.5. The van der Waals surface area contributed by atoms with E-state index in [4.69, 9.17) is 4.74 Å². The van der Waals surface area contributed by atoms with Crippen molar-refractivity contribution in [3.63, 3.8) is 0 Å². The van der Waals surface area contributed by atoms with E-state index in [0.29, 0.717) is 0 Å². The molecule has 0 heterocycles. The third kappa shape index (κ3) is 9.10. The number of alkyl carbamates (subject to hydrolysis) is 1. The van der Waals surface area contributed by atoms with Crippen LogP contribution in [0, 0.1) is 5.92 Å². The molecule has 0 unspecified atom stereocenters. The lowest BCUT2D eigenvalue weighted by molar-refractivity contribution is -0.141. The lowest BCUT2D eigenvalue weighted by atomic mass is 9.97. The molecular formula is C31H35N3O5. The smallest absolute Gasteiger partial charge is 0.408 e. The van der Waals surface area contributed by atoms with Gasteiger partial charge in [0, 0.05) is 6.42 Å².